The van der Waals surface area contributed by atoms with Crippen molar-refractivity contribution in [2.45, 2.75) is 24.5 Å². The third kappa shape index (κ3) is 3.14. The molecule has 0 spiro atoms. The smallest absolute Gasteiger partial charge is 0.330 e. The molecule has 0 radical (unpaired) electrons. The van der Waals surface area contributed by atoms with Gasteiger partial charge in [-0.2, -0.15) is 4.98 Å². The summed E-state index contributed by atoms with van der Waals surface area (Å²) < 4.78 is 19.5. The van der Waals surface area contributed by atoms with E-state index in [9.17, 15) is 14.8 Å². The molecule has 0 saturated carbocycles. The maximum absolute atomic E-state index is 13.1. The highest BCUT2D eigenvalue weighted by atomic mass is 79.9. The molecule has 0 amide bonds. The zero-order valence-electron chi connectivity index (χ0n) is 15.9. The molecule has 2 saturated heterocycles. The number of benzene rings is 1. The standard InChI is InChI=1S/C18H14BrClN5O6P/c19-17-22-11-14(25(17)16-12(26)13-10(30-16)6-29-32(28)31-13)23-18-21-9(5-24(18)15(11)27)7-1-3-8(20)4-2-7/h1-5,10,12-13,16,26,28H,6H2,(H,21,23)/t10?,12?,13-,16-,32?/m1/s1. The van der Waals surface area contributed by atoms with Crippen LogP contribution >= 0.6 is 36.1 Å². The van der Waals surface area contributed by atoms with Crippen molar-refractivity contribution in [2.75, 3.05) is 6.61 Å². The largest absolute Gasteiger partial charge is 0.386 e. The van der Waals surface area contributed by atoms with Gasteiger partial charge in [0.25, 0.3) is 5.56 Å². The molecule has 5 atom stereocenters. The summed E-state index contributed by atoms with van der Waals surface area (Å²) in [5, 5.41) is 11.4. The minimum atomic E-state index is -2.08. The number of H-pyrrole nitrogens is 1. The molecule has 3 unspecified atom stereocenters. The molecule has 3 aromatic heterocycles. The van der Waals surface area contributed by atoms with Gasteiger partial charge in [-0.1, -0.05) is 23.7 Å². The molecular formula is C18H14BrClN5O6P. The Kier molecular flexibility index (Phi) is 4.90. The third-order valence-electron chi connectivity index (χ3n) is 5.49. The van der Waals surface area contributed by atoms with E-state index in [4.69, 9.17) is 25.4 Å². The fourth-order valence-corrected chi connectivity index (χ4v) is 5.45. The van der Waals surface area contributed by atoms with Gasteiger partial charge in [0.2, 0.25) is 5.78 Å². The van der Waals surface area contributed by atoms with Gasteiger partial charge in [-0.15, -0.1) is 0 Å². The van der Waals surface area contributed by atoms with Gasteiger partial charge in [0, 0.05) is 11.2 Å². The molecule has 2 fully saturated rings. The lowest BCUT2D eigenvalue weighted by molar-refractivity contribution is -0.0594. The van der Waals surface area contributed by atoms with Crippen LogP contribution in [0.5, 0.6) is 0 Å². The molecule has 3 N–H and O–H groups in total. The summed E-state index contributed by atoms with van der Waals surface area (Å²) in [5.41, 5.74) is 1.45. The van der Waals surface area contributed by atoms with Crippen molar-refractivity contribution in [3.8, 4) is 11.3 Å². The van der Waals surface area contributed by atoms with Crippen LogP contribution in [0, 0.1) is 0 Å². The van der Waals surface area contributed by atoms with E-state index >= 15 is 0 Å². The Labute approximate surface area is 193 Å². The maximum atomic E-state index is 13.1. The van der Waals surface area contributed by atoms with Crippen molar-refractivity contribution in [3.63, 3.8) is 0 Å². The number of rotatable bonds is 2. The average molecular weight is 543 g/mol. The van der Waals surface area contributed by atoms with E-state index in [1.54, 1.807) is 18.3 Å². The second kappa shape index (κ2) is 7.57. The highest BCUT2D eigenvalue weighted by Gasteiger charge is 2.50. The Bertz CT molecular complexity index is 1410. The zero-order chi connectivity index (χ0) is 22.1. The molecule has 6 rings (SSSR count). The highest BCUT2D eigenvalue weighted by molar-refractivity contribution is 9.10. The number of nitrogens with one attached hydrogen (secondary N) is 1. The van der Waals surface area contributed by atoms with E-state index in [0.717, 1.165) is 5.56 Å². The molecule has 1 aromatic carbocycles. The molecule has 166 valence electrons. The highest BCUT2D eigenvalue weighted by Crippen LogP contribution is 2.47. The lowest BCUT2D eigenvalue weighted by Crippen LogP contribution is -2.38. The molecule has 0 aliphatic carbocycles. The summed E-state index contributed by atoms with van der Waals surface area (Å²) in [5.74, 6) is 0.296. The number of hydrogen-bond acceptors (Lipinski definition) is 8. The van der Waals surface area contributed by atoms with E-state index in [1.165, 1.54) is 8.97 Å². The van der Waals surface area contributed by atoms with Crippen molar-refractivity contribution < 1.29 is 23.8 Å². The van der Waals surface area contributed by atoms with Gasteiger partial charge in [0.1, 0.15) is 18.3 Å². The van der Waals surface area contributed by atoms with Crippen LogP contribution in [0.15, 0.2) is 40.0 Å². The summed E-state index contributed by atoms with van der Waals surface area (Å²) in [7, 11) is -2.08. The predicted molar refractivity (Wildman–Crippen MR) is 117 cm³/mol. The van der Waals surface area contributed by atoms with Crippen LogP contribution in [0.4, 0.5) is 0 Å². The lowest BCUT2D eigenvalue weighted by Gasteiger charge is -2.27. The van der Waals surface area contributed by atoms with Gasteiger partial charge < -0.3 is 28.8 Å². The van der Waals surface area contributed by atoms with Crippen LogP contribution in [0.2, 0.25) is 5.02 Å². The quantitative estimate of drug-likeness (QED) is 0.259. The summed E-state index contributed by atoms with van der Waals surface area (Å²) in [6.45, 7) is 0.0755. The van der Waals surface area contributed by atoms with Gasteiger partial charge >= 0.3 is 8.60 Å². The van der Waals surface area contributed by atoms with Gasteiger partial charge in [-0.3, -0.25) is 9.36 Å². The van der Waals surface area contributed by atoms with Gasteiger partial charge in [0.05, 0.1) is 12.3 Å². The van der Waals surface area contributed by atoms with E-state index in [-0.39, 0.29) is 28.1 Å². The topological polar surface area (TPSA) is 136 Å². The fourth-order valence-electron chi connectivity index (χ4n) is 3.97. The minimum absolute atomic E-state index is 0.0755. The van der Waals surface area contributed by atoms with Crippen molar-refractivity contribution in [3.05, 3.63) is 50.6 Å². The molecule has 0 bridgehead atoms. The zero-order valence-corrected chi connectivity index (χ0v) is 19.2. The second-order valence-corrected chi connectivity index (χ2v) is 9.46. The number of halogens is 2. The second-order valence-electron chi connectivity index (χ2n) is 7.37. The first-order chi connectivity index (χ1) is 15.4. The SMILES string of the molecule is O=c1c2nc(Br)n([C@@H]3OC4COP(O)O[C@H]4C3O)c2nc2[nH]c(-c3ccc(Cl)cc3)cn12. The van der Waals surface area contributed by atoms with E-state index in [1.807, 2.05) is 12.1 Å². The van der Waals surface area contributed by atoms with Crippen LogP contribution in [-0.2, 0) is 13.8 Å². The fraction of sp³-hybridized carbons (Fsp3) is 0.278. The molecule has 4 aromatic rings. The Balaban J connectivity index is 1.47. The Hall–Kier alpha value is -1.89. The summed E-state index contributed by atoms with van der Waals surface area (Å²) in [4.78, 5) is 34.8. The Morgan fingerprint density at radius 1 is 1.28 bits per heavy atom. The number of ether oxygens (including phenoxy) is 1. The molecule has 11 nitrogen and oxygen atoms in total. The van der Waals surface area contributed by atoms with Crippen LogP contribution in [0.1, 0.15) is 6.23 Å². The maximum Gasteiger partial charge on any atom is 0.330 e. The Morgan fingerprint density at radius 3 is 2.84 bits per heavy atom. The number of aromatic amines is 1. The van der Waals surface area contributed by atoms with Crippen LogP contribution < -0.4 is 5.56 Å². The van der Waals surface area contributed by atoms with E-state index < -0.39 is 33.1 Å². The molecule has 2 aliphatic rings. The van der Waals surface area contributed by atoms with Crippen molar-refractivity contribution in [2.24, 2.45) is 0 Å². The summed E-state index contributed by atoms with van der Waals surface area (Å²) in [6, 6.07) is 7.17. The predicted octanol–water partition coefficient (Wildman–Crippen LogP) is 2.35. The number of fused-ring (bicyclic) bond motifs is 3. The van der Waals surface area contributed by atoms with Crippen LogP contribution in [0.3, 0.4) is 0 Å². The number of nitrogens with zero attached hydrogens (tertiary/aromatic N) is 4. The van der Waals surface area contributed by atoms with Gasteiger partial charge in [0.15, 0.2) is 22.1 Å². The minimum Gasteiger partial charge on any atom is -0.386 e. The van der Waals surface area contributed by atoms with Gasteiger partial charge in [-0.25, -0.2) is 9.38 Å². The third-order valence-corrected chi connectivity index (χ3v) is 7.09. The van der Waals surface area contributed by atoms with Crippen molar-refractivity contribution in [1.29, 1.82) is 0 Å². The molecule has 2 aliphatic heterocycles. The summed E-state index contributed by atoms with van der Waals surface area (Å²) >= 11 is 9.31. The van der Waals surface area contributed by atoms with E-state index in [2.05, 4.69) is 30.9 Å². The first-order valence-electron chi connectivity index (χ1n) is 9.47. The number of imidazole rings is 2. The number of aromatic nitrogens is 5. The molecule has 32 heavy (non-hydrogen) atoms. The van der Waals surface area contributed by atoms with Crippen molar-refractivity contribution >= 4 is 53.1 Å². The van der Waals surface area contributed by atoms with Crippen molar-refractivity contribution in [1.82, 2.24) is 23.9 Å². The van der Waals surface area contributed by atoms with E-state index in [0.29, 0.717) is 16.5 Å². The monoisotopic (exact) mass is 541 g/mol. The number of hydrogen-bond donors (Lipinski definition) is 3. The summed E-state index contributed by atoms with van der Waals surface area (Å²) in [6.07, 6.45) is -1.80. The van der Waals surface area contributed by atoms with Crippen LogP contribution in [-0.4, -0.2) is 58.8 Å². The Morgan fingerprint density at radius 2 is 2.06 bits per heavy atom. The average Bonchev–Trinajstić information content (AvgIpc) is 3.43. The molecular weight excluding hydrogens is 529 g/mol. The molecule has 5 heterocycles. The van der Waals surface area contributed by atoms with Crippen LogP contribution in [0.25, 0.3) is 28.2 Å². The molecule has 14 heteroatoms. The van der Waals surface area contributed by atoms with Gasteiger partial charge in [-0.05, 0) is 33.6 Å². The number of aliphatic hydroxyl groups excluding tert-OH is 1. The normalized spacial score (nSPS) is 27.9. The number of aliphatic hydroxyl groups is 1. The lowest BCUT2D eigenvalue weighted by atomic mass is 10.1. The first kappa shape index (κ1) is 20.7. The first-order valence-corrected chi connectivity index (χ1v) is 11.8.